The van der Waals surface area contributed by atoms with Crippen molar-refractivity contribution in [3.63, 3.8) is 0 Å². The maximum atomic E-state index is 10.7. The number of aromatic nitrogens is 2. The maximum Gasteiger partial charge on any atom is 0.164 e. The van der Waals surface area contributed by atoms with Crippen molar-refractivity contribution in [1.29, 1.82) is 0 Å². The monoisotopic (exact) mass is 349 g/mol. The zero-order chi connectivity index (χ0) is 17.9. The van der Waals surface area contributed by atoms with Crippen molar-refractivity contribution in [2.24, 2.45) is 5.10 Å². The van der Waals surface area contributed by atoms with Gasteiger partial charge in [-0.3, -0.25) is 5.01 Å². The summed E-state index contributed by atoms with van der Waals surface area (Å²) in [7, 11) is 1.72. The smallest absolute Gasteiger partial charge is 0.164 e. The van der Waals surface area contributed by atoms with Crippen LogP contribution in [0.3, 0.4) is 0 Å². The normalized spacial score (nSPS) is 33.9. The zero-order valence-electron chi connectivity index (χ0n) is 13.7. The summed E-state index contributed by atoms with van der Waals surface area (Å²) in [5.74, 6) is 0.796. The molecule has 0 aromatic carbocycles. The van der Waals surface area contributed by atoms with Gasteiger partial charge in [-0.15, -0.1) is 0 Å². The molecule has 3 aliphatic heterocycles. The fourth-order valence-corrected chi connectivity index (χ4v) is 3.45. The highest BCUT2D eigenvalue weighted by Gasteiger charge is 2.48. The largest absolute Gasteiger partial charge is 0.394 e. The van der Waals surface area contributed by atoms with Crippen molar-refractivity contribution < 1.29 is 25.2 Å². The summed E-state index contributed by atoms with van der Waals surface area (Å²) in [6, 6.07) is 0. The van der Waals surface area contributed by atoms with Gasteiger partial charge in [0.15, 0.2) is 12.0 Å². The van der Waals surface area contributed by atoms with Crippen LogP contribution in [-0.4, -0.2) is 74.3 Å². The van der Waals surface area contributed by atoms with Crippen LogP contribution in [0.2, 0.25) is 0 Å². The highest BCUT2D eigenvalue weighted by molar-refractivity contribution is 6.02. The van der Waals surface area contributed by atoms with Crippen molar-refractivity contribution in [2.45, 2.75) is 37.6 Å². The number of fused-ring (bicyclic) bond motifs is 1. The van der Waals surface area contributed by atoms with E-state index in [4.69, 9.17) is 4.74 Å². The number of rotatable bonds is 2. The molecule has 4 N–H and O–H groups in total. The molecule has 1 saturated heterocycles. The molecule has 4 heterocycles. The molecule has 1 aromatic rings. The molecule has 10 nitrogen and oxygen atoms in total. The summed E-state index contributed by atoms with van der Waals surface area (Å²) < 4.78 is 5.62. The van der Waals surface area contributed by atoms with E-state index in [2.05, 4.69) is 15.1 Å². The first kappa shape index (κ1) is 16.4. The van der Waals surface area contributed by atoms with Crippen molar-refractivity contribution >= 4 is 17.3 Å². The fourth-order valence-electron chi connectivity index (χ4n) is 3.45. The molecule has 25 heavy (non-hydrogen) atoms. The standard InChI is InChI=1S/C15H19N5O5/c1-6-7-3-20(15-12(24)11(23)8(4-21)25-15)14-9(10(7)22)13(16-5-17-14)19(2)18-6/h3,5,8,10-12,15,21-24H,4H2,1-2H3. The minimum absolute atomic E-state index is 0.354. The Hall–Kier alpha value is -2.11. The Morgan fingerprint density at radius 2 is 1.88 bits per heavy atom. The van der Waals surface area contributed by atoms with Crippen LogP contribution in [0.25, 0.3) is 0 Å². The molecule has 0 radical (unpaired) electrons. The number of anilines is 2. The molecular weight excluding hydrogens is 330 g/mol. The molecule has 2 bridgehead atoms. The highest BCUT2D eigenvalue weighted by Crippen LogP contribution is 2.44. The van der Waals surface area contributed by atoms with Gasteiger partial charge in [0, 0.05) is 18.8 Å². The Balaban J connectivity index is 1.86. The molecule has 1 aromatic heterocycles. The number of hydrazone groups is 1. The van der Waals surface area contributed by atoms with Crippen molar-refractivity contribution in [2.75, 3.05) is 23.6 Å². The SMILES string of the molecule is CC1=NN(C)c2ncnc3c2C(O)C1=CN3C1OC(CO)C(O)C1O. The van der Waals surface area contributed by atoms with Crippen molar-refractivity contribution in [1.82, 2.24) is 9.97 Å². The van der Waals surface area contributed by atoms with E-state index in [0.717, 1.165) is 0 Å². The summed E-state index contributed by atoms with van der Waals surface area (Å²) in [5, 5.41) is 46.4. The van der Waals surface area contributed by atoms with Crippen LogP contribution in [0.5, 0.6) is 0 Å². The molecule has 3 aliphatic rings. The van der Waals surface area contributed by atoms with Gasteiger partial charge in [0.2, 0.25) is 0 Å². The Morgan fingerprint density at radius 3 is 2.56 bits per heavy atom. The molecule has 4 rings (SSSR count). The third-order valence-corrected chi connectivity index (χ3v) is 4.75. The summed E-state index contributed by atoms with van der Waals surface area (Å²) in [6.45, 7) is 1.33. The van der Waals surface area contributed by atoms with Crippen LogP contribution in [0.15, 0.2) is 23.2 Å². The Labute approximate surface area is 143 Å². The summed E-state index contributed by atoms with van der Waals surface area (Å²) >= 11 is 0. The molecule has 134 valence electrons. The van der Waals surface area contributed by atoms with Gasteiger partial charge in [-0.25, -0.2) is 9.97 Å². The summed E-state index contributed by atoms with van der Waals surface area (Å²) in [5.41, 5.74) is 1.54. The number of hydrogen-bond acceptors (Lipinski definition) is 10. The second-order valence-electron chi connectivity index (χ2n) is 6.27. The molecule has 5 unspecified atom stereocenters. The van der Waals surface area contributed by atoms with Gasteiger partial charge in [0.1, 0.15) is 36.6 Å². The fraction of sp³-hybridized carbons (Fsp3) is 0.533. The number of hydrogen-bond donors (Lipinski definition) is 4. The van der Waals surface area contributed by atoms with Crippen LogP contribution in [0.4, 0.5) is 11.6 Å². The molecule has 0 saturated carbocycles. The molecule has 0 spiro atoms. The van der Waals surface area contributed by atoms with Crippen molar-refractivity contribution in [3.8, 4) is 0 Å². The molecule has 1 fully saturated rings. The van der Waals surface area contributed by atoms with Crippen LogP contribution in [0, 0.1) is 0 Å². The predicted molar refractivity (Wildman–Crippen MR) is 86.8 cm³/mol. The Bertz CT molecular complexity index is 769. The van der Waals surface area contributed by atoms with E-state index in [1.165, 1.54) is 6.33 Å². The van der Waals surface area contributed by atoms with E-state index in [1.54, 1.807) is 30.1 Å². The second-order valence-corrected chi connectivity index (χ2v) is 6.27. The molecule has 0 amide bonds. The average molecular weight is 349 g/mol. The zero-order valence-corrected chi connectivity index (χ0v) is 13.7. The summed E-state index contributed by atoms with van der Waals surface area (Å²) in [4.78, 5) is 9.98. The minimum atomic E-state index is -1.26. The maximum absolute atomic E-state index is 10.7. The quantitative estimate of drug-likeness (QED) is 0.502. The van der Waals surface area contributed by atoms with E-state index in [1.807, 2.05) is 0 Å². The molecule has 10 heteroatoms. The minimum Gasteiger partial charge on any atom is -0.394 e. The molecular formula is C15H19N5O5. The van der Waals surface area contributed by atoms with Gasteiger partial charge in [0.05, 0.1) is 17.9 Å². The van der Waals surface area contributed by atoms with E-state index >= 15 is 0 Å². The predicted octanol–water partition coefficient (Wildman–Crippen LogP) is -1.52. The molecule has 5 atom stereocenters. The van der Waals surface area contributed by atoms with Crippen molar-refractivity contribution in [3.05, 3.63) is 23.7 Å². The van der Waals surface area contributed by atoms with Gasteiger partial charge in [-0.05, 0) is 6.92 Å². The lowest BCUT2D eigenvalue weighted by Gasteiger charge is -2.35. The lowest BCUT2D eigenvalue weighted by atomic mass is 9.96. The summed E-state index contributed by atoms with van der Waals surface area (Å²) in [6.07, 6.45) is -2.39. The molecule has 0 aliphatic carbocycles. The van der Waals surface area contributed by atoms with E-state index < -0.39 is 37.3 Å². The first-order chi connectivity index (χ1) is 11.9. The number of aliphatic hydroxyl groups is 4. The lowest BCUT2D eigenvalue weighted by molar-refractivity contribution is -0.0206. The van der Waals surface area contributed by atoms with Gasteiger partial charge < -0.3 is 30.1 Å². The third kappa shape index (κ3) is 2.26. The van der Waals surface area contributed by atoms with E-state index in [0.29, 0.717) is 28.5 Å². The van der Waals surface area contributed by atoms with Gasteiger partial charge in [-0.1, -0.05) is 0 Å². The number of aliphatic hydroxyl groups excluding tert-OH is 4. The van der Waals surface area contributed by atoms with Crippen LogP contribution >= 0.6 is 0 Å². The van der Waals surface area contributed by atoms with Crippen LogP contribution in [0.1, 0.15) is 18.6 Å². The lowest BCUT2D eigenvalue weighted by Crippen LogP contribution is -2.44. The van der Waals surface area contributed by atoms with E-state index in [9.17, 15) is 20.4 Å². The Morgan fingerprint density at radius 1 is 1.16 bits per heavy atom. The number of ether oxygens (including phenoxy) is 1. The second kappa shape index (κ2) is 5.71. The van der Waals surface area contributed by atoms with Crippen LogP contribution < -0.4 is 9.91 Å². The van der Waals surface area contributed by atoms with Gasteiger partial charge >= 0.3 is 0 Å². The Kier molecular flexibility index (Phi) is 3.74. The first-order valence-electron chi connectivity index (χ1n) is 7.88. The first-order valence-corrected chi connectivity index (χ1v) is 7.88. The van der Waals surface area contributed by atoms with Gasteiger partial charge in [-0.2, -0.15) is 5.10 Å². The number of nitrogens with zero attached hydrogens (tertiary/aromatic N) is 5. The van der Waals surface area contributed by atoms with Gasteiger partial charge in [0.25, 0.3) is 0 Å². The van der Waals surface area contributed by atoms with E-state index in [-0.39, 0.29) is 0 Å². The highest BCUT2D eigenvalue weighted by atomic mass is 16.6. The topological polar surface area (TPSA) is 135 Å². The third-order valence-electron chi connectivity index (χ3n) is 4.75. The van der Waals surface area contributed by atoms with Crippen LogP contribution in [-0.2, 0) is 4.74 Å². The average Bonchev–Trinajstić information content (AvgIpc) is 2.85.